The summed E-state index contributed by atoms with van der Waals surface area (Å²) in [5.41, 5.74) is 1.30. The Kier molecular flexibility index (Phi) is 4.32. The Morgan fingerprint density at radius 2 is 1.96 bits per heavy atom. The quantitative estimate of drug-likeness (QED) is 0.849. The largest absolute Gasteiger partial charge is 0.332 e. The Morgan fingerprint density at radius 1 is 1.12 bits per heavy atom. The van der Waals surface area contributed by atoms with Crippen LogP contribution in [0.25, 0.3) is 0 Å². The van der Waals surface area contributed by atoms with Crippen molar-refractivity contribution in [1.29, 1.82) is 0 Å². The lowest BCUT2D eigenvalue weighted by atomic mass is 10.0. The average molecular weight is 324 g/mol. The maximum absolute atomic E-state index is 12.6. The number of likely N-dealkylation sites (tertiary alicyclic amines) is 1. The summed E-state index contributed by atoms with van der Waals surface area (Å²) in [4.78, 5) is 19.2. The highest BCUT2D eigenvalue weighted by Crippen LogP contribution is 2.37. The molecule has 2 fully saturated rings. The number of carbonyl (C=O) groups is 1. The zero-order valence-corrected chi connectivity index (χ0v) is 14.0. The molecule has 5 nitrogen and oxygen atoms in total. The van der Waals surface area contributed by atoms with Crippen LogP contribution in [0.4, 0.5) is 0 Å². The number of nitrogens with zero attached hydrogens (tertiary/aromatic N) is 4. The first-order valence-corrected chi connectivity index (χ1v) is 9.05. The molecule has 24 heavy (non-hydrogen) atoms. The average Bonchev–Trinajstić information content (AvgIpc) is 3.38. The second-order valence-corrected chi connectivity index (χ2v) is 6.89. The second-order valence-electron chi connectivity index (χ2n) is 6.89. The van der Waals surface area contributed by atoms with Crippen LogP contribution in [0, 0.1) is 5.92 Å². The molecule has 1 atom stereocenters. The molecule has 0 spiro atoms. The molecule has 5 heteroatoms. The molecule has 4 rings (SSSR count). The minimum absolute atomic E-state index is 0.102. The monoisotopic (exact) mass is 324 g/mol. The number of aryl methyl sites for hydroxylation is 2. The molecule has 2 aromatic rings. The summed E-state index contributed by atoms with van der Waals surface area (Å²) >= 11 is 0. The third-order valence-corrected chi connectivity index (χ3v) is 5.11. The fraction of sp³-hybridized carbons (Fsp3) is 0.526. The van der Waals surface area contributed by atoms with Crippen LogP contribution in [0.15, 0.2) is 36.7 Å². The molecule has 0 unspecified atom stereocenters. The van der Waals surface area contributed by atoms with Gasteiger partial charge >= 0.3 is 0 Å². The lowest BCUT2D eigenvalue weighted by molar-refractivity contribution is -0.136. The molecule has 1 amide bonds. The molecule has 1 aromatic heterocycles. The van der Waals surface area contributed by atoms with Crippen LogP contribution in [0.5, 0.6) is 0 Å². The molecule has 1 aromatic carbocycles. The van der Waals surface area contributed by atoms with Gasteiger partial charge in [-0.3, -0.25) is 4.79 Å². The first-order chi connectivity index (χ1) is 11.8. The molecule has 1 saturated carbocycles. The van der Waals surface area contributed by atoms with Crippen LogP contribution >= 0.6 is 0 Å². The normalized spacial score (nSPS) is 21.0. The van der Waals surface area contributed by atoms with Crippen LogP contribution in [0.3, 0.4) is 0 Å². The van der Waals surface area contributed by atoms with Crippen LogP contribution < -0.4 is 0 Å². The van der Waals surface area contributed by atoms with Crippen molar-refractivity contribution < 1.29 is 4.79 Å². The number of hydrogen-bond donors (Lipinski definition) is 0. The topological polar surface area (TPSA) is 51.0 Å². The number of benzene rings is 1. The fourth-order valence-electron chi connectivity index (χ4n) is 3.61. The number of carbonyl (C=O) groups excluding carboxylic acids is 1. The van der Waals surface area contributed by atoms with E-state index in [0.29, 0.717) is 5.91 Å². The Bertz CT molecular complexity index is 692. The lowest BCUT2D eigenvalue weighted by Crippen LogP contribution is -2.40. The van der Waals surface area contributed by atoms with Crippen LogP contribution in [0.2, 0.25) is 0 Å². The highest BCUT2D eigenvalue weighted by atomic mass is 16.2. The van der Waals surface area contributed by atoms with E-state index in [0.717, 1.165) is 57.4 Å². The standard InChI is InChI=1S/C19H24N4O/c24-19(16-9-10-16)22-12-5-4-8-17(22)18-20-14-21-23(18)13-11-15-6-2-1-3-7-15/h1-3,6-7,14,16-17H,4-5,8-13H2/t17-/m1/s1. The van der Waals surface area contributed by atoms with Gasteiger partial charge in [0.1, 0.15) is 12.2 Å². The summed E-state index contributed by atoms with van der Waals surface area (Å²) < 4.78 is 2.00. The van der Waals surface area contributed by atoms with E-state index in [-0.39, 0.29) is 12.0 Å². The molecule has 0 bridgehead atoms. The van der Waals surface area contributed by atoms with Crippen molar-refractivity contribution in [2.24, 2.45) is 5.92 Å². The van der Waals surface area contributed by atoms with Gasteiger partial charge in [-0.25, -0.2) is 9.67 Å². The lowest BCUT2D eigenvalue weighted by Gasteiger charge is -2.35. The van der Waals surface area contributed by atoms with Gasteiger partial charge in [0.05, 0.1) is 6.04 Å². The number of rotatable bonds is 5. The van der Waals surface area contributed by atoms with Crippen molar-refractivity contribution in [2.45, 2.75) is 51.1 Å². The second kappa shape index (κ2) is 6.75. The molecule has 1 aliphatic heterocycles. The van der Waals surface area contributed by atoms with E-state index in [9.17, 15) is 4.79 Å². The Morgan fingerprint density at radius 3 is 2.75 bits per heavy atom. The molecule has 1 aliphatic carbocycles. The van der Waals surface area contributed by atoms with Crippen LogP contribution in [0.1, 0.15) is 49.5 Å². The maximum Gasteiger partial charge on any atom is 0.226 e. The maximum atomic E-state index is 12.6. The smallest absolute Gasteiger partial charge is 0.226 e. The predicted octanol–water partition coefficient (Wildman–Crippen LogP) is 2.98. The van der Waals surface area contributed by atoms with Crippen molar-refractivity contribution >= 4 is 5.91 Å². The number of amides is 1. The van der Waals surface area contributed by atoms with E-state index in [2.05, 4.69) is 39.2 Å². The van der Waals surface area contributed by atoms with Gasteiger partial charge in [-0.05, 0) is 44.1 Å². The van der Waals surface area contributed by atoms with Gasteiger partial charge in [-0.1, -0.05) is 30.3 Å². The SMILES string of the molecule is O=C(C1CC1)N1CCCC[C@@H]1c1ncnn1CCc1ccccc1. The van der Waals surface area contributed by atoms with E-state index in [4.69, 9.17) is 0 Å². The van der Waals surface area contributed by atoms with Crippen LogP contribution in [-0.4, -0.2) is 32.1 Å². The van der Waals surface area contributed by atoms with Gasteiger partial charge in [0.15, 0.2) is 0 Å². The summed E-state index contributed by atoms with van der Waals surface area (Å²) in [5, 5.41) is 4.43. The minimum atomic E-state index is 0.102. The van der Waals surface area contributed by atoms with Crippen molar-refractivity contribution in [1.82, 2.24) is 19.7 Å². The summed E-state index contributed by atoms with van der Waals surface area (Å²) in [6.07, 6.45) is 7.95. The Balaban J connectivity index is 1.50. The summed E-state index contributed by atoms with van der Waals surface area (Å²) in [7, 11) is 0. The molecule has 2 heterocycles. The van der Waals surface area contributed by atoms with Crippen molar-refractivity contribution in [3.63, 3.8) is 0 Å². The molecular formula is C19H24N4O. The third kappa shape index (κ3) is 3.21. The minimum Gasteiger partial charge on any atom is -0.332 e. The van der Waals surface area contributed by atoms with Crippen LogP contribution in [-0.2, 0) is 17.8 Å². The van der Waals surface area contributed by atoms with Gasteiger partial charge in [-0.15, -0.1) is 0 Å². The number of hydrogen-bond acceptors (Lipinski definition) is 3. The summed E-state index contributed by atoms with van der Waals surface area (Å²) in [6, 6.07) is 10.5. The molecule has 126 valence electrons. The summed E-state index contributed by atoms with van der Waals surface area (Å²) in [5.74, 6) is 1.56. The fourth-order valence-corrected chi connectivity index (χ4v) is 3.61. The van der Waals surface area contributed by atoms with Crippen molar-refractivity contribution in [2.75, 3.05) is 6.54 Å². The third-order valence-electron chi connectivity index (χ3n) is 5.11. The number of piperidine rings is 1. The Labute approximate surface area is 142 Å². The molecule has 0 radical (unpaired) electrons. The van der Waals surface area contributed by atoms with E-state index >= 15 is 0 Å². The van der Waals surface area contributed by atoms with Crippen molar-refractivity contribution in [3.05, 3.63) is 48.0 Å². The van der Waals surface area contributed by atoms with E-state index < -0.39 is 0 Å². The zero-order valence-electron chi connectivity index (χ0n) is 14.0. The predicted molar refractivity (Wildman–Crippen MR) is 91.2 cm³/mol. The molecule has 2 aliphatic rings. The zero-order chi connectivity index (χ0) is 16.4. The van der Waals surface area contributed by atoms with Gasteiger partial charge in [0.2, 0.25) is 5.91 Å². The van der Waals surface area contributed by atoms with E-state index in [1.807, 2.05) is 10.7 Å². The first-order valence-electron chi connectivity index (χ1n) is 9.05. The number of aromatic nitrogens is 3. The molecule has 1 saturated heterocycles. The van der Waals surface area contributed by atoms with Gasteiger partial charge in [0, 0.05) is 19.0 Å². The first kappa shape index (κ1) is 15.4. The molecular weight excluding hydrogens is 300 g/mol. The van der Waals surface area contributed by atoms with Gasteiger partial charge in [0.25, 0.3) is 0 Å². The van der Waals surface area contributed by atoms with E-state index in [1.165, 1.54) is 5.56 Å². The van der Waals surface area contributed by atoms with Gasteiger partial charge < -0.3 is 4.90 Å². The molecule has 0 N–H and O–H groups in total. The highest BCUT2D eigenvalue weighted by molar-refractivity contribution is 5.81. The van der Waals surface area contributed by atoms with E-state index in [1.54, 1.807) is 6.33 Å². The van der Waals surface area contributed by atoms with Gasteiger partial charge in [-0.2, -0.15) is 5.10 Å². The Hall–Kier alpha value is -2.17. The van der Waals surface area contributed by atoms with Crippen molar-refractivity contribution in [3.8, 4) is 0 Å². The summed E-state index contributed by atoms with van der Waals surface area (Å²) in [6.45, 7) is 1.67. The highest BCUT2D eigenvalue weighted by Gasteiger charge is 2.39.